The van der Waals surface area contributed by atoms with Crippen LogP contribution in [0.3, 0.4) is 0 Å². The van der Waals surface area contributed by atoms with Crippen LogP contribution in [-0.2, 0) is 9.53 Å². The van der Waals surface area contributed by atoms with E-state index in [4.69, 9.17) is 9.15 Å². The molecule has 2 saturated heterocycles. The molecule has 0 aromatic carbocycles. The van der Waals surface area contributed by atoms with Gasteiger partial charge in [-0.25, -0.2) is 0 Å². The number of nitrogens with zero attached hydrogens (tertiary/aromatic N) is 2. The van der Waals surface area contributed by atoms with E-state index in [-0.39, 0.29) is 28.9 Å². The van der Waals surface area contributed by atoms with Gasteiger partial charge in [-0.3, -0.25) is 14.4 Å². The zero-order chi connectivity index (χ0) is 19.0. The highest BCUT2D eigenvalue weighted by Crippen LogP contribution is 2.34. The van der Waals surface area contributed by atoms with Crippen LogP contribution in [0.5, 0.6) is 0 Å². The van der Waals surface area contributed by atoms with Gasteiger partial charge in [-0.2, -0.15) is 0 Å². The van der Waals surface area contributed by atoms with Gasteiger partial charge in [-0.05, 0) is 32.6 Å². The lowest BCUT2D eigenvalue weighted by atomic mass is 9.83. The van der Waals surface area contributed by atoms with Gasteiger partial charge in [0.2, 0.25) is 5.91 Å². The van der Waals surface area contributed by atoms with Gasteiger partial charge >= 0.3 is 0 Å². The molecule has 0 bridgehead atoms. The molecule has 0 atom stereocenters. The zero-order valence-corrected chi connectivity index (χ0v) is 15.7. The van der Waals surface area contributed by atoms with Crippen molar-refractivity contribution >= 4 is 11.8 Å². The summed E-state index contributed by atoms with van der Waals surface area (Å²) in [5.41, 5.74) is -0.637. The zero-order valence-electron chi connectivity index (χ0n) is 15.7. The van der Waals surface area contributed by atoms with Gasteiger partial charge in [0.05, 0.1) is 18.8 Å². The van der Waals surface area contributed by atoms with E-state index in [9.17, 15) is 14.4 Å². The first-order chi connectivity index (χ1) is 13.0. The van der Waals surface area contributed by atoms with Crippen molar-refractivity contribution in [3.63, 3.8) is 0 Å². The molecule has 7 nitrogen and oxygen atoms in total. The van der Waals surface area contributed by atoms with Crippen LogP contribution < -0.4 is 5.43 Å². The molecule has 4 rings (SSSR count). The van der Waals surface area contributed by atoms with E-state index in [2.05, 4.69) is 0 Å². The fourth-order valence-corrected chi connectivity index (χ4v) is 4.23. The number of amides is 2. The van der Waals surface area contributed by atoms with E-state index in [1.807, 2.05) is 4.90 Å². The third-order valence-electron chi connectivity index (χ3n) is 6.08. The van der Waals surface area contributed by atoms with Gasteiger partial charge in [0.15, 0.2) is 11.2 Å². The SMILES string of the molecule is Cc1cc(=O)cc(C(=O)N2CCOC3(CCN(C(=O)C4CCC4)CC3)C2)o1. The number of rotatable bonds is 2. The molecular weight excluding hydrogens is 348 g/mol. The largest absolute Gasteiger partial charge is 0.456 e. The number of likely N-dealkylation sites (tertiary alicyclic amines) is 1. The highest BCUT2D eigenvalue weighted by molar-refractivity contribution is 5.91. The van der Waals surface area contributed by atoms with Gasteiger partial charge < -0.3 is 19.0 Å². The van der Waals surface area contributed by atoms with Gasteiger partial charge in [0, 0.05) is 37.7 Å². The Morgan fingerprint density at radius 1 is 1.11 bits per heavy atom. The average molecular weight is 374 g/mol. The summed E-state index contributed by atoms with van der Waals surface area (Å²) in [6.07, 6.45) is 4.64. The molecule has 3 fully saturated rings. The minimum Gasteiger partial charge on any atom is -0.456 e. The highest BCUT2D eigenvalue weighted by Gasteiger charge is 2.43. The first-order valence-electron chi connectivity index (χ1n) is 9.80. The Kier molecular flexibility index (Phi) is 4.80. The first-order valence-corrected chi connectivity index (χ1v) is 9.80. The molecule has 2 aliphatic heterocycles. The number of ether oxygens (including phenoxy) is 1. The van der Waals surface area contributed by atoms with E-state index in [0.29, 0.717) is 38.5 Å². The van der Waals surface area contributed by atoms with E-state index in [0.717, 1.165) is 32.1 Å². The van der Waals surface area contributed by atoms with Gasteiger partial charge in [0.25, 0.3) is 5.91 Å². The molecule has 0 unspecified atom stereocenters. The van der Waals surface area contributed by atoms with Crippen LogP contribution in [0.2, 0.25) is 0 Å². The van der Waals surface area contributed by atoms with Crippen molar-refractivity contribution in [1.29, 1.82) is 0 Å². The van der Waals surface area contributed by atoms with Crippen molar-refractivity contribution in [2.45, 2.75) is 44.6 Å². The number of carbonyl (C=O) groups excluding carboxylic acids is 2. The fraction of sp³-hybridized carbons (Fsp3) is 0.650. The Morgan fingerprint density at radius 3 is 2.48 bits per heavy atom. The molecule has 1 spiro atoms. The van der Waals surface area contributed by atoms with Crippen LogP contribution in [0.4, 0.5) is 0 Å². The maximum atomic E-state index is 12.8. The molecule has 0 N–H and O–H groups in total. The second kappa shape index (κ2) is 7.11. The second-order valence-electron chi connectivity index (χ2n) is 7.98. The molecule has 3 aliphatic rings. The van der Waals surface area contributed by atoms with Crippen molar-refractivity contribution in [3.8, 4) is 0 Å². The molecule has 1 aromatic rings. The second-order valence-corrected chi connectivity index (χ2v) is 7.98. The molecule has 2 amide bonds. The van der Waals surface area contributed by atoms with Crippen LogP contribution in [-0.4, -0.2) is 60.0 Å². The minimum absolute atomic E-state index is 0.0784. The smallest absolute Gasteiger partial charge is 0.289 e. The van der Waals surface area contributed by atoms with Crippen molar-refractivity contribution in [2.75, 3.05) is 32.8 Å². The summed E-state index contributed by atoms with van der Waals surface area (Å²) in [5, 5.41) is 0. The lowest BCUT2D eigenvalue weighted by Crippen LogP contribution is -2.59. The Labute approximate surface area is 158 Å². The van der Waals surface area contributed by atoms with Crippen molar-refractivity contribution < 1.29 is 18.7 Å². The standard InChI is InChI=1S/C20H26N2O5/c1-14-11-16(23)12-17(27-14)19(25)22-9-10-26-20(13-22)5-7-21(8-6-20)18(24)15-3-2-4-15/h11-12,15H,2-10,13H2,1H3. The van der Waals surface area contributed by atoms with Crippen molar-refractivity contribution in [3.05, 3.63) is 33.9 Å². The summed E-state index contributed by atoms with van der Waals surface area (Å²) < 4.78 is 11.5. The van der Waals surface area contributed by atoms with Crippen molar-refractivity contribution in [2.24, 2.45) is 5.92 Å². The maximum Gasteiger partial charge on any atom is 0.289 e. The normalized spacial score (nSPS) is 22.6. The highest BCUT2D eigenvalue weighted by atomic mass is 16.5. The lowest BCUT2D eigenvalue weighted by molar-refractivity contribution is -0.152. The summed E-state index contributed by atoms with van der Waals surface area (Å²) in [6, 6.07) is 2.61. The molecule has 27 heavy (non-hydrogen) atoms. The number of aryl methyl sites for hydroxylation is 1. The topological polar surface area (TPSA) is 80.1 Å². The molecule has 1 aliphatic carbocycles. The monoisotopic (exact) mass is 374 g/mol. The van der Waals surface area contributed by atoms with Crippen LogP contribution in [0.15, 0.2) is 21.3 Å². The van der Waals surface area contributed by atoms with Crippen LogP contribution in [0.25, 0.3) is 0 Å². The third kappa shape index (κ3) is 3.65. The average Bonchev–Trinajstić information content (AvgIpc) is 2.59. The Morgan fingerprint density at radius 2 is 1.85 bits per heavy atom. The first kappa shape index (κ1) is 18.2. The lowest BCUT2D eigenvalue weighted by Gasteiger charge is -2.47. The summed E-state index contributed by atoms with van der Waals surface area (Å²) in [7, 11) is 0. The van der Waals surface area contributed by atoms with E-state index in [1.165, 1.54) is 12.1 Å². The molecule has 1 aromatic heterocycles. The number of hydrogen-bond donors (Lipinski definition) is 0. The van der Waals surface area contributed by atoms with Gasteiger partial charge in [-0.15, -0.1) is 0 Å². The Balaban J connectivity index is 1.41. The summed E-state index contributed by atoms with van der Waals surface area (Å²) in [4.78, 5) is 40.6. The van der Waals surface area contributed by atoms with Gasteiger partial charge in [0.1, 0.15) is 5.76 Å². The summed E-state index contributed by atoms with van der Waals surface area (Å²) in [5.74, 6) is 0.729. The quantitative estimate of drug-likeness (QED) is 0.785. The molecule has 1 saturated carbocycles. The number of carbonyl (C=O) groups is 2. The van der Waals surface area contributed by atoms with E-state index in [1.54, 1.807) is 11.8 Å². The van der Waals surface area contributed by atoms with Crippen LogP contribution >= 0.6 is 0 Å². The molecule has 0 radical (unpaired) electrons. The molecular formula is C20H26N2O5. The maximum absolute atomic E-state index is 12.8. The predicted octanol–water partition coefficient (Wildman–Crippen LogP) is 1.58. The summed E-state index contributed by atoms with van der Waals surface area (Å²) >= 11 is 0. The Bertz CT molecular complexity index is 790. The van der Waals surface area contributed by atoms with Crippen LogP contribution in [0, 0.1) is 12.8 Å². The van der Waals surface area contributed by atoms with Gasteiger partial charge in [-0.1, -0.05) is 6.42 Å². The van der Waals surface area contributed by atoms with Crippen LogP contribution in [0.1, 0.15) is 48.4 Å². The third-order valence-corrected chi connectivity index (χ3v) is 6.08. The minimum atomic E-state index is -0.408. The molecule has 3 heterocycles. The van der Waals surface area contributed by atoms with E-state index >= 15 is 0 Å². The van der Waals surface area contributed by atoms with E-state index < -0.39 is 5.60 Å². The van der Waals surface area contributed by atoms with Crippen molar-refractivity contribution in [1.82, 2.24) is 9.80 Å². The number of piperidine rings is 1. The molecule has 7 heteroatoms. The fourth-order valence-electron chi connectivity index (χ4n) is 4.23. The number of hydrogen-bond acceptors (Lipinski definition) is 5. The number of morpholine rings is 1. The Hall–Kier alpha value is -2.15. The predicted molar refractivity (Wildman–Crippen MR) is 97.5 cm³/mol. The summed E-state index contributed by atoms with van der Waals surface area (Å²) in [6.45, 7) is 4.41. The molecule has 146 valence electrons.